The molecule has 0 bridgehead atoms. The third kappa shape index (κ3) is 2.24. The number of halogens is 2. The summed E-state index contributed by atoms with van der Waals surface area (Å²) in [4.78, 5) is 16.1. The summed E-state index contributed by atoms with van der Waals surface area (Å²) in [5.74, 6) is -1.40. The molecule has 0 radical (unpaired) electrons. The zero-order chi connectivity index (χ0) is 15.9. The monoisotopic (exact) mass is 300 g/mol. The highest BCUT2D eigenvalue weighted by Crippen LogP contribution is 2.30. The van der Waals surface area contributed by atoms with E-state index in [1.807, 2.05) is 0 Å². The number of carbonyl (C=O) groups is 1. The van der Waals surface area contributed by atoms with Crippen LogP contribution in [0.3, 0.4) is 0 Å². The maximum Gasteiger partial charge on any atom is 0.253 e. The van der Waals surface area contributed by atoms with Crippen molar-refractivity contribution in [1.82, 2.24) is 9.88 Å². The molecule has 2 aromatic carbocycles. The maximum absolute atomic E-state index is 14.5. The topological polar surface area (TPSA) is 36.1 Å². The van der Waals surface area contributed by atoms with Gasteiger partial charge in [-0.25, -0.2) is 8.78 Å². The first-order valence-electron chi connectivity index (χ1n) is 6.76. The van der Waals surface area contributed by atoms with Gasteiger partial charge >= 0.3 is 0 Å². The van der Waals surface area contributed by atoms with Gasteiger partial charge in [0.2, 0.25) is 0 Å². The number of aromatic amines is 1. The van der Waals surface area contributed by atoms with Gasteiger partial charge in [-0.1, -0.05) is 6.07 Å². The number of hydrogen-bond donors (Lipinski definition) is 1. The number of fused-ring (bicyclic) bond motifs is 1. The van der Waals surface area contributed by atoms with Crippen molar-refractivity contribution in [1.29, 1.82) is 0 Å². The molecule has 112 valence electrons. The molecule has 0 saturated carbocycles. The van der Waals surface area contributed by atoms with Gasteiger partial charge in [0, 0.05) is 47.9 Å². The number of rotatable bonds is 2. The van der Waals surface area contributed by atoms with Gasteiger partial charge in [0.25, 0.3) is 5.91 Å². The fourth-order valence-corrected chi connectivity index (χ4v) is 2.43. The average molecular weight is 300 g/mol. The van der Waals surface area contributed by atoms with Gasteiger partial charge in [-0.2, -0.15) is 0 Å². The van der Waals surface area contributed by atoms with E-state index < -0.39 is 11.6 Å². The summed E-state index contributed by atoms with van der Waals surface area (Å²) in [7, 11) is 3.18. The Morgan fingerprint density at radius 1 is 1.05 bits per heavy atom. The van der Waals surface area contributed by atoms with Crippen molar-refractivity contribution in [2.24, 2.45) is 0 Å². The van der Waals surface area contributed by atoms with Crippen LogP contribution < -0.4 is 0 Å². The van der Waals surface area contributed by atoms with Crippen molar-refractivity contribution in [2.75, 3.05) is 14.1 Å². The van der Waals surface area contributed by atoms with Crippen LogP contribution in [0.15, 0.2) is 42.6 Å². The van der Waals surface area contributed by atoms with E-state index in [1.54, 1.807) is 32.4 Å². The number of nitrogens with zero attached hydrogens (tertiary/aromatic N) is 1. The number of nitrogens with one attached hydrogen (secondary N) is 1. The molecule has 0 unspecified atom stereocenters. The van der Waals surface area contributed by atoms with E-state index in [1.165, 1.54) is 23.1 Å². The van der Waals surface area contributed by atoms with Crippen LogP contribution in [0.2, 0.25) is 0 Å². The van der Waals surface area contributed by atoms with E-state index >= 15 is 0 Å². The van der Waals surface area contributed by atoms with E-state index in [4.69, 9.17) is 0 Å². The molecule has 0 aliphatic carbocycles. The molecule has 3 rings (SSSR count). The molecule has 0 fully saturated rings. The fraction of sp³-hybridized carbons (Fsp3) is 0.118. The molecule has 1 heterocycles. The largest absolute Gasteiger partial charge is 0.361 e. The third-order valence-electron chi connectivity index (χ3n) is 3.58. The molecule has 1 N–H and O–H groups in total. The minimum Gasteiger partial charge on any atom is -0.361 e. The predicted molar refractivity (Wildman–Crippen MR) is 81.7 cm³/mol. The second-order valence-corrected chi connectivity index (χ2v) is 5.26. The quantitative estimate of drug-likeness (QED) is 0.767. The highest BCUT2D eigenvalue weighted by molar-refractivity contribution is 5.94. The van der Waals surface area contributed by atoms with Crippen LogP contribution in [0.25, 0.3) is 22.0 Å². The molecular weight excluding hydrogens is 286 g/mol. The lowest BCUT2D eigenvalue weighted by molar-refractivity contribution is 0.0827. The van der Waals surface area contributed by atoms with Crippen molar-refractivity contribution in [3.8, 4) is 11.1 Å². The van der Waals surface area contributed by atoms with Gasteiger partial charge in [0.1, 0.15) is 11.6 Å². The number of amides is 1. The molecule has 3 aromatic rings. The summed E-state index contributed by atoms with van der Waals surface area (Å²) in [6.45, 7) is 0. The smallest absolute Gasteiger partial charge is 0.253 e. The van der Waals surface area contributed by atoms with Crippen molar-refractivity contribution in [3.63, 3.8) is 0 Å². The number of hydrogen-bond acceptors (Lipinski definition) is 1. The van der Waals surface area contributed by atoms with Crippen LogP contribution in [0.1, 0.15) is 10.4 Å². The standard InChI is InChI=1S/C17H14F2N2O/c1-21(2)17(22)10-3-4-11(14(18)9-10)12-5-6-15-13(16(12)19)7-8-20-15/h3-9,20H,1-2H3. The molecule has 1 aromatic heterocycles. The van der Waals surface area contributed by atoms with E-state index in [0.29, 0.717) is 10.9 Å². The third-order valence-corrected chi connectivity index (χ3v) is 3.58. The Kier molecular flexibility index (Phi) is 3.41. The second-order valence-electron chi connectivity index (χ2n) is 5.26. The van der Waals surface area contributed by atoms with Crippen LogP contribution in [0.5, 0.6) is 0 Å². The van der Waals surface area contributed by atoms with Crippen molar-refractivity contribution >= 4 is 16.8 Å². The second kappa shape index (κ2) is 5.26. The SMILES string of the molecule is CN(C)C(=O)c1ccc(-c2ccc3[nH]ccc3c2F)c(F)c1. The zero-order valence-corrected chi connectivity index (χ0v) is 12.2. The molecule has 0 spiro atoms. The molecular formula is C17H14F2N2O. The Labute approximate surface area is 126 Å². The number of H-pyrrole nitrogens is 1. The highest BCUT2D eigenvalue weighted by atomic mass is 19.1. The molecule has 22 heavy (non-hydrogen) atoms. The van der Waals surface area contributed by atoms with Crippen LogP contribution >= 0.6 is 0 Å². The van der Waals surface area contributed by atoms with Crippen molar-refractivity contribution in [2.45, 2.75) is 0 Å². The van der Waals surface area contributed by atoms with E-state index in [9.17, 15) is 13.6 Å². The first-order valence-corrected chi connectivity index (χ1v) is 6.76. The summed E-state index contributed by atoms with van der Waals surface area (Å²) < 4.78 is 28.8. The first kappa shape index (κ1) is 14.3. The van der Waals surface area contributed by atoms with E-state index in [-0.39, 0.29) is 22.6 Å². The van der Waals surface area contributed by atoms with Gasteiger partial charge in [-0.15, -0.1) is 0 Å². The molecule has 0 aliphatic heterocycles. The predicted octanol–water partition coefficient (Wildman–Crippen LogP) is 3.81. The molecule has 1 amide bonds. The summed E-state index contributed by atoms with van der Waals surface area (Å²) in [5.41, 5.74) is 1.19. The Morgan fingerprint density at radius 3 is 2.45 bits per heavy atom. The Balaban J connectivity index is 2.11. The van der Waals surface area contributed by atoms with Crippen molar-refractivity contribution in [3.05, 3.63) is 59.8 Å². The maximum atomic E-state index is 14.5. The Hall–Kier alpha value is -2.69. The van der Waals surface area contributed by atoms with Gasteiger partial charge in [-0.05, 0) is 30.3 Å². The normalized spacial score (nSPS) is 10.9. The molecule has 0 saturated heterocycles. The minimum atomic E-state index is -0.624. The zero-order valence-electron chi connectivity index (χ0n) is 12.2. The van der Waals surface area contributed by atoms with Crippen molar-refractivity contribution < 1.29 is 13.6 Å². The van der Waals surface area contributed by atoms with Crippen LogP contribution in [0, 0.1) is 11.6 Å². The lowest BCUT2D eigenvalue weighted by atomic mass is 10.0. The summed E-state index contributed by atoms with van der Waals surface area (Å²) in [6.07, 6.45) is 1.63. The molecule has 5 heteroatoms. The average Bonchev–Trinajstić information content (AvgIpc) is 2.97. The molecule has 3 nitrogen and oxygen atoms in total. The van der Waals surface area contributed by atoms with Gasteiger partial charge in [0.05, 0.1) is 0 Å². The fourth-order valence-electron chi connectivity index (χ4n) is 2.43. The molecule has 0 aliphatic rings. The van der Waals surface area contributed by atoms with Gasteiger partial charge in [0.15, 0.2) is 0 Å². The van der Waals surface area contributed by atoms with Crippen LogP contribution in [0.4, 0.5) is 8.78 Å². The summed E-state index contributed by atoms with van der Waals surface area (Å²) >= 11 is 0. The Bertz CT molecular complexity index is 868. The summed E-state index contributed by atoms with van der Waals surface area (Å²) in [5, 5.41) is 0.408. The summed E-state index contributed by atoms with van der Waals surface area (Å²) in [6, 6.07) is 8.91. The number of aromatic nitrogens is 1. The minimum absolute atomic E-state index is 0.135. The van der Waals surface area contributed by atoms with E-state index in [2.05, 4.69) is 4.98 Å². The lowest BCUT2D eigenvalue weighted by Crippen LogP contribution is -2.21. The lowest BCUT2D eigenvalue weighted by Gasteiger charge is -2.12. The first-order chi connectivity index (χ1) is 10.5. The number of benzene rings is 2. The van der Waals surface area contributed by atoms with E-state index in [0.717, 1.165) is 6.07 Å². The van der Waals surface area contributed by atoms with Crippen LogP contribution in [-0.4, -0.2) is 29.9 Å². The molecule has 0 atom stereocenters. The van der Waals surface area contributed by atoms with Crippen LogP contribution in [-0.2, 0) is 0 Å². The van der Waals surface area contributed by atoms with Gasteiger partial charge < -0.3 is 9.88 Å². The number of carbonyl (C=O) groups excluding carboxylic acids is 1. The highest BCUT2D eigenvalue weighted by Gasteiger charge is 2.16. The van der Waals surface area contributed by atoms with Gasteiger partial charge in [-0.3, -0.25) is 4.79 Å². The Morgan fingerprint density at radius 2 is 1.77 bits per heavy atom.